The van der Waals surface area contributed by atoms with E-state index in [1.807, 2.05) is 26.0 Å². The number of rotatable bonds is 6. The van der Waals surface area contributed by atoms with Crippen molar-refractivity contribution in [1.29, 1.82) is 5.26 Å². The molecule has 0 aliphatic heterocycles. The molecule has 2 aromatic carbocycles. The van der Waals surface area contributed by atoms with Crippen LogP contribution < -0.4 is 10.6 Å². The molecule has 7 heteroatoms. The van der Waals surface area contributed by atoms with Crippen molar-refractivity contribution in [1.82, 2.24) is 5.32 Å². The fourth-order valence-electron chi connectivity index (χ4n) is 2.35. The lowest BCUT2D eigenvalue weighted by atomic mass is 10.1. The number of nitrogens with one attached hydrogen (secondary N) is 2. The molecule has 0 aliphatic carbocycles. The Morgan fingerprint density at radius 3 is 2.50 bits per heavy atom. The Hall–Kier alpha value is -3.66. The van der Waals surface area contributed by atoms with Crippen LogP contribution in [0.1, 0.15) is 34.0 Å². The van der Waals surface area contributed by atoms with Crippen molar-refractivity contribution in [2.75, 3.05) is 11.9 Å². The monoisotopic (exact) mass is 379 g/mol. The number of aryl methyl sites for hydroxylation is 2. The molecule has 2 N–H and O–H groups in total. The number of hydrogen-bond acceptors (Lipinski definition) is 5. The molecule has 0 heterocycles. The summed E-state index contributed by atoms with van der Waals surface area (Å²) in [6.07, 6.45) is -1.09. The highest BCUT2D eigenvalue weighted by Gasteiger charge is 2.19. The third-order valence-electron chi connectivity index (χ3n) is 4.15. The minimum Gasteiger partial charge on any atom is -0.451 e. The van der Waals surface area contributed by atoms with Crippen molar-refractivity contribution < 1.29 is 19.1 Å². The lowest BCUT2D eigenvalue weighted by Gasteiger charge is -2.14. The number of nitriles is 1. The third kappa shape index (κ3) is 5.42. The van der Waals surface area contributed by atoms with Gasteiger partial charge in [-0.2, -0.15) is 5.26 Å². The van der Waals surface area contributed by atoms with Gasteiger partial charge in [0.25, 0.3) is 11.8 Å². The van der Waals surface area contributed by atoms with E-state index in [1.54, 1.807) is 36.4 Å². The largest absolute Gasteiger partial charge is 0.451 e. The second-order valence-corrected chi connectivity index (χ2v) is 6.26. The van der Waals surface area contributed by atoms with E-state index in [0.29, 0.717) is 16.8 Å². The summed E-state index contributed by atoms with van der Waals surface area (Å²) in [5, 5.41) is 14.0. The predicted molar refractivity (Wildman–Crippen MR) is 104 cm³/mol. The first-order chi connectivity index (χ1) is 13.3. The van der Waals surface area contributed by atoms with E-state index >= 15 is 0 Å². The van der Waals surface area contributed by atoms with Crippen LogP contribution in [0.3, 0.4) is 0 Å². The van der Waals surface area contributed by atoms with Gasteiger partial charge < -0.3 is 15.4 Å². The van der Waals surface area contributed by atoms with Crippen LogP contribution in [-0.4, -0.2) is 30.4 Å². The Kier molecular flexibility index (Phi) is 6.88. The summed E-state index contributed by atoms with van der Waals surface area (Å²) in [6, 6.07) is 13.7. The molecule has 2 rings (SSSR count). The maximum absolute atomic E-state index is 12.2. The lowest BCUT2D eigenvalue weighted by Crippen LogP contribution is -2.36. The molecule has 2 amide bonds. The van der Waals surface area contributed by atoms with E-state index in [0.717, 1.165) is 11.1 Å². The fourth-order valence-corrected chi connectivity index (χ4v) is 2.35. The van der Waals surface area contributed by atoms with Gasteiger partial charge in [-0.25, -0.2) is 0 Å². The maximum Gasteiger partial charge on any atom is 0.326 e. The topological polar surface area (TPSA) is 108 Å². The van der Waals surface area contributed by atoms with Gasteiger partial charge in [0, 0.05) is 5.56 Å². The van der Waals surface area contributed by atoms with E-state index in [-0.39, 0.29) is 6.54 Å². The molecule has 28 heavy (non-hydrogen) atoms. The molecule has 0 saturated heterocycles. The molecule has 0 spiro atoms. The number of carbonyl (C=O) groups excluding carboxylic acids is 3. The average Bonchev–Trinajstić information content (AvgIpc) is 2.68. The maximum atomic E-state index is 12.2. The zero-order valence-electron chi connectivity index (χ0n) is 15.9. The van der Waals surface area contributed by atoms with E-state index in [2.05, 4.69) is 10.6 Å². The van der Waals surface area contributed by atoms with Gasteiger partial charge in [0.15, 0.2) is 6.10 Å². The number of hydrogen-bond donors (Lipinski definition) is 2. The predicted octanol–water partition coefficient (Wildman–Crippen LogP) is 2.48. The molecule has 0 saturated carbocycles. The molecule has 0 radical (unpaired) electrons. The fraction of sp³-hybridized carbons (Fsp3) is 0.238. The molecule has 0 aromatic heterocycles. The first kappa shape index (κ1) is 20.6. The molecule has 0 aliphatic rings. The summed E-state index contributed by atoms with van der Waals surface area (Å²) < 4.78 is 5.04. The standard InChI is InChI=1S/C21H21N3O4/c1-13-8-9-16(10-14(13)2)21(27)23-12-19(25)28-15(3)20(26)24-18-7-5-4-6-17(18)11-22/h4-10,15H,12H2,1-3H3,(H,23,27)(H,24,26). The highest BCUT2D eigenvalue weighted by Crippen LogP contribution is 2.14. The summed E-state index contributed by atoms with van der Waals surface area (Å²) in [4.78, 5) is 36.2. The van der Waals surface area contributed by atoms with Gasteiger partial charge >= 0.3 is 5.97 Å². The molecule has 144 valence electrons. The van der Waals surface area contributed by atoms with Crippen molar-refractivity contribution in [3.8, 4) is 6.07 Å². The zero-order valence-corrected chi connectivity index (χ0v) is 15.9. The minimum absolute atomic E-state index is 0.301. The van der Waals surface area contributed by atoms with Crippen molar-refractivity contribution in [2.45, 2.75) is 26.9 Å². The Morgan fingerprint density at radius 1 is 1.11 bits per heavy atom. The first-order valence-corrected chi connectivity index (χ1v) is 8.66. The summed E-state index contributed by atoms with van der Waals surface area (Å²) >= 11 is 0. The van der Waals surface area contributed by atoms with Gasteiger partial charge in [-0.1, -0.05) is 18.2 Å². The van der Waals surface area contributed by atoms with Gasteiger partial charge in [0.2, 0.25) is 0 Å². The van der Waals surface area contributed by atoms with Crippen LogP contribution in [0.15, 0.2) is 42.5 Å². The smallest absolute Gasteiger partial charge is 0.326 e. The number of esters is 1. The van der Waals surface area contributed by atoms with E-state index in [9.17, 15) is 14.4 Å². The molecule has 1 unspecified atom stereocenters. The van der Waals surface area contributed by atoms with Crippen molar-refractivity contribution in [2.24, 2.45) is 0 Å². The zero-order chi connectivity index (χ0) is 20.7. The quantitative estimate of drug-likeness (QED) is 0.750. The number of anilines is 1. The van der Waals surface area contributed by atoms with E-state index in [4.69, 9.17) is 10.00 Å². The van der Waals surface area contributed by atoms with Gasteiger partial charge in [-0.15, -0.1) is 0 Å². The molecular formula is C21H21N3O4. The Balaban J connectivity index is 1.86. The molecule has 0 bridgehead atoms. The molecule has 0 fully saturated rings. The second-order valence-electron chi connectivity index (χ2n) is 6.26. The summed E-state index contributed by atoms with van der Waals surface area (Å²) in [7, 11) is 0. The van der Waals surface area contributed by atoms with Crippen LogP contribution in [-0.2, 0) is 14.3 Å². The highest BCUT2D eigenvalue weighted by atomic mass is 16.5. The van der Waals surface area contributed by atoms with Gasteiger partial charge in [-0.05, 0) is 56.2 Å². The normalized spacial score (nSPS) is 11.1. The van der Waals surface area contributed by atoms with Gasteiger partial charge in [0.1, 0.15) is 12.6 Å². The van der Waals surface area contributed by atoms with Crippen LogP contribution in [0.5, 0.6) is 0 Å². The lowest BCUT2D eigenvalue weighted by molar-refractivity contribution is -0.152. The number of ether oxygens (including phenoxy) is 1. The molecule has 2 aromatic rings. The average molecular weight is 379 g/mol. The third-order valence-corrected chi connectivity index (χ3v) is 4.15. The number of carbonyl (C=O) groups is 3. The summed E-state index contributed by atoms with van der Waals surface area (Å²) in [5.41, 5.74) is 3.11. The Morgan fingerprint density at radius 2 is 1.82 bits per heavy atom. The number of para-hydroxylation sites is 1. The van der Waals surface area contributed by atoms with Crippen LogP contribution in [0.4, 0.5) is 5.69 Å². The number of amides is 2. The highest BCUT2D eigenvalue weighted by molar-refractivity contribution is 5.98. The van der Waals surface area contributed by atoms with E-state index < -0.39 is 23.9 Å². The van der Waals surface area contributed by atoms with Crippen molar-refractivity contribution >= 4 is 23.5 Å². The Labute approximate surface area is 163 Å². The van der Waals surface area contributed by atoms with Crippen LogP contribution >= 0.6 is 0 Å². The van der Waals surface area contributed by atoms with Crippen LogP contribution in [0.2, 0.25) is 0 Å². The van der Waals surface area contributed by atoms with Crippen LogP contribution in [0.25, 0.3) is 0 Å². The molecule has 1 atom stereocenters. The molecule has 7 nitrogen and oxygen atoms in total. The summed E-state index contributed by atoms with van der Waals surface area (Å²) in [6.45, 7) is 4.88. The van der Waals surface area contributed by atoms with Crippen LogP contribution in [0, 0.1) is 25.2 Å². The summed E-state index contributed by atoms with van der Waals surface area (Å²) in [5.74, 6) is -1.72. The van der Waals surface area contributed by atoms with E-state index in [1.165, 1.54) is 6.92 Å². The SMILES string of the molecule is Cc1ccc(C(=O)NCC(=O)OC(C)C(=O)Nc2ccccc2C#N)cc1C. The Bertz CT molecular complexity index is 947. The van der Waals surface area contributed by atoms with Gasteiger partial charge in [0.05, 0.1) is 11.3 Å². The number of nitrogens with zero attached hydrogens (tertiary/aromatic N) is 1. The minimum atomic E-state index is -1.09. The second kappa shape index (κ2) is 9.33. The van der Waals surface area contributed by atoms with Crippen molar-refractivity contribution in [3.05, 3.63) is 64.7 Å². The molecular weight excluding hydrogens is 358 g/mol. The first-order valence-electron chi connectivity index (χ1n) is 8.66. The number of benzene rings is 2. The van der Waals surface area contributed by atoms with Gasteiger partial charge in [-0.3, -0.25) is 14.4 Å². The van der Waals surface area contributed by atoms with Crippen molar-refractivity contribution in [3.63, 3.8) is 0 Å².